The molecule has 1 aliphatic carbocycles. The van der Waals surface area contributed by atoms with Crippen LogP contribution in [0.2, 0.25) is 0 Å². The van der Waals surface area contributed by atoms with Crippen molar-refractivity contribution in [1.29, 1.82) is 5.26 Å². The predicted octanol–water partition coefficient (Wildman–Crippen LogP) is 1.82. The summed E-state index contributed by atoms with van der Waals surface area (Å²) in [4.78, 5) is 27.6. The third-order valence-electron chi connectivity index (χ3n) is 4.96. The summed E-state index contributed by atoms with van der Waals surface area (Å²) in [6.45, 7) is 6.28. The van der Waals surface area contributed by atoms with Crippen LogP contribution in [0.5, 0.6) is 0 Å². The minimum atomic E-state index is -0.476. The number of nitrogens with one attached hydrogen (secondary N) is 2. The van der Waals surface area contributed by atoms with E-state index < -0.39 is 6.04 Å². The molecular formula is C22H23ClN4O3. The Morgan fingerprint density at radius 3 is 2.90 bits per heavy atom. The second-order valence-electron chi connectivity index (χ2n) is 7.39. The molecule has 8 heteroatoms. The molecule has 0 amide bonds. The van der Waals surface area contributed by atoms with Gasteiger partial charge < -0.3 is 19.6 Å². The van der Waals surface area contributed by atoms with Crippen LogP contribution < -0.4 is 27.0 Å². The van der Waals surface area contributed by atoms with Gasteiger partial charge in [0.25, 0.3) is 11.1 Å². The van der Waals surface area contributed by atoms with Crippen molar-refractivity contribution in [3.8, 4) is 6.07 Å². The standard InChI is InChI=1S/C22H23ClN4O3/c1-13-16(8-17(23)12-30-11-15-4-5-15)9-19(21(28)26-13)14(2)25-20-7-6-18(10-24)27(3)22(20)29/h6-9,12,14-15,25H,1,4-5,11H2,2-3H3,(H,26,28)/b16-8-,17-12-. The Hall–Kier alpha value is -3.24. The minimum Gasteiger partial charge on any atom is -0.499 e. The molecule has 0 saturated heterocycles. The maximum absolute atomic E-state index is 12.5. The summed E-state index contributed by atoms with van der Waals surface area (Å²) in [6, 6.07) is 6.24. The molecule has 2 aromatic heterocycles. The zero-order chi connectivity index (χ0) is 21.8. The van der Waals surface area contributed by atoms with Gasteiger partial charge in [-0.2, -0.15) is 5.26 Å². The minimum absolute atomic E-state index is 0.250. The van der Waals surface area contributed by atoms with Crippen molar-refractivity contribution in [1.82, 2.24) is 9.55 Å². The Morgan fingerprint density at radius 2 is 2.23 bits per heavy atom. The lowest BCUT2D eigenvalue weighted by Crippen LogP contribution is -2.37. The van der Waals surface area contributed by atoms with Crippen LogP contribution in [-0.4, -0.2) is 16.2 Å². The lowest BCUT2D eigenvalue weighted by molar-refractivity contribution is 0.234. The molecule has 2 N–H and O–H groups in total. The van der Waals surface area contributed by atoms with Gasteiger partial charge in [-0.3, -0.25) is 9.59 Å². The van der Waals surface area contributed by atoms with E-state index >= 15 is 0 Å². The Labute approximate surface area is 178 Å². The van der Waals surface area contributed by atoms with Crippen molar-refractivity contribution < 1.29 is 4.74 Å². The van der Waals surface area contributed by atoms with Crippen LogP contribution in [0.4, 0.5) is 5.69 Å². The van der Waals surface area contributed by atoms with Crippen LogP contribution in [-0.2, 0) is 11.8 Å². The highest BCUT2D eigenvalue weighted by Gasteiger charge is 2.21. The number of aromatic amines is 1. The summed E-state index contributed by atoms with van der Waals surface area (Å²) in [5.74, 6) is 0.621. The second-order valence-corrected chi connectivity index (χ2v) is 7.82. The fraction of sp³-hybridized carbons (Fsp3) is 0.318. The van der Waals surface area contributed by atoms with Gasteiger partial charge in [0.05, 0.1) is 17.7 Å². The topological polar surface area (TPSA) is 99.9 Å². The summed E-state index contributed by atoms with van der Waals surface area (Å²) in [5.41, 5.74) is 0.298. The number of nitriles is 1. The number of ether oxygens (including phenoxy) is 1. The molecule has 0 bridgehead atoms. The predicted molar refractivity (Wildman–Crippen MR) is 117 cm³/mol. The summed E-state index contributed by atoms with van der Waals surface area (Å²) >= 11 is 6.23. The Bertz CT molecular complexity index is 1250. The van der Waals surface area contributed by atoms with Gasteiger partial charge in [-0.25, -0.2) is 0 Å². The average molecular weight is 427 g/mol. The number of hydrogen-bond donors (Lipinski definition) is 2. The van der Waals surface area contributed by atoms with Gasteiger partial charge in [0.15, 0.2) is 0 Å². The van der Waals surface area contributed by atoms with Crippen LogP contribution in [0.25, 0.3) is 12.7 Å². The number of anilines is 1. The van der Waals surface area contributed by atoms with Crippen molar-refractivity contribution in [2.24, 2.45) is 13.0 Å². The lowest BCUT2D eigenvalue weighted by atomic mass is 10.1. The van der Waals surface area contributed by atoms with Gasteiger partial charge in [0.1, 0.15) is 23.7 Å². The molecule has 1 unspecified atom stereocenters. The second kappa shape index (κ2) is 9.06. The molecule has 7 nitrogen and oxygen atoms in total. The zero-order valence-corrected chi connectivity index (χ0v) is 17.6. The molecule has 1 aliphatic rings. The fourth-order valence-electron chi connectivity index (χ4n) is 2.95. The summed E-state index contributed by atoms with van der Waals surface area (Å²) in [5, 5.41) is 13.5. The first-order valence-electron chi connectivity index (χ1n) is 9.58. The number of nitrogens with zero attached hydrogens (tertiary/aromatic N) is 2. The fourth-order valence-corrected chi connectivity index (χ4v) is 3.13. The van der Waals surface area contributed by atoms with Crippen molar-refractivity contribution in [2.75, 3.05) is 11.9 Å². The van der Waals surface area contributed by atoms with E-state index in [2.05, 4.69) is 16.9 Å². The van der Waals surface area contributed by atoms with Gasteiger partial charge in [-0.05, 0) is 55.2 Å². The van der Waals surface area contributed by atoms with E-state index in [0.29, 0.717) is 39.4 Å². The molecule has 1 atom stereocenters. The number of rotatable bonds is 7. The van der Waals surface area contributed by atoms with E-state index in [1.165, 1.54) is 36.8 Å². The number of aromatic nitrogens is 2. The number of H-pyrrole nitrogens is 1. The molecule has 1 fully saturated rings. The zero-order valence-electron chi connectivity index (χ0n) is 16.9. The van der Waals surface area contributed by atoms with Crippen LogP contribution >= 0.6 is 11.6 Å². The molecule has 2 aromatic rings. The third-order valence-corrected chi connectivity index (χ3v) is 5.16. The summed E-state index contributed by atoms with van der Waals surface area (Å²) in [7, 11) is 1.52. The molecule has 0 spiro atoms. The van der Waals surface area contributed by atoms with E-state index in [0.717, 1.165) is 0 Å². The van der Waals surface area contributed by atoms with Crippen LogP contribution in [0.3, 0.4) is 0 Å². The average Bonchev–Trinajstić information content (AvgIpc) is 3.52. The molecule has 0 aromatic carbocycles. The summed E-state index contributed by atoms with van der Waals surface area (Å²) < 4.78 is 6.72. The quantitative estimate of drug-likeness (QED) is 0.658. The Kier molecular flexibility index (Phi) is 6.48. The first kappa shape index (κ1) is 21.5. The van der Waals surface area contributed by atoms with Crippen molar-refractivity contribution in [3.63, 3.8) is 0 Å². The largest absolute Gasteiger partial charge is 0.499 e. The first-order valence-corrected chi connectivity index (χ1v) is 9.95. The maximum atomic E-state index is 12.5. The van der Waals surface area contributed by atoms with Crippen LogP contribution in [0.15, 0.2) is 39.1 Å². The lowest BCUT2D eigenvalue weighted by Gasteiger charge is -2.15. The highest BCUT2D eigenvalue weighted by Crippen LogP contribution is 2.29. The normalized spacial score (nSPS) is 15.5. The van der Waals surface area contributed by atoms with E-state index in [4.69, 9.17) is 21.6 Å². The third kappa shape index (κ3) is 5.02. The van der Waals surface area contributed by atoms with Gasteiger partial charge in [-0.1, -0.05) is 18.2 Å². The van der Waals surface area contributed by atoms with Gasteiger partial charge in [-0.15, -0.1) is 0 Å². The van der Waals surface area contributed by atoms with Gasteiger partial charge >= 0.3 is 0 Å². The maximum Gasteiger partial charge on any atom is 0.274 e. The van der Waals surface area contributed by atoms with Crippen LogP contribution in [0.1, 0.15) is 37.1 Å². The smallest absolute Gasteiger partial charge is 0.274 e. The molecule has 0 radical (unpaired) electrons. The Balaban J connectivity index is 1.88. The van der Waals surface area contributed by atoms with Crippen molar-refractivity contribution in [2.45, 2.75) is 25.8 Å². The molecule has 156 valence electrons. The van der Waals surface area contributed by atoms with E-state index in [1.54, 1.807) is 25.1 Å². The highest BCUT2D eigenvalue weighted by atomic mass is 35.5. The van der Waals surface area contributed by atoms with Crippen LogP contribution in [0, 0.1) is 17.2 Å². The highest BCUT2D eigenvalue weighted by molar-refractivity contribution is 6.33. The number of halogens is 1. The van der Waals surface area contributed by atoms with Gasteiger partial charge in [0.2, 0.25) is 0 Å². The van der Waals surface area contributed by atoms with E-state index in [9.17, 15) is 9.59 Å². The summed E-state index contributed by atoms with van der Waals surface area (Å²) in [6.07, 6.45) is 5.54. The molecule has 0 aliphatic heterocycles. The first-order chi connectivity index (χ1) is 14.3. The number of pyridine rings is 2. The molecular weight excluding hydrogens is 404 g/mol. The van der Waals surface area contributed by atoms with Gasteiger partial charge in [0, 0.05) is 18.0 Å². The Morgan fingerprint density at radius 1 is 1.50 bits per heavy atom. The van der Waals surface area contributed by atoms with E-state index in [1.807, 2.05) is 6.07 Å². The SMILES string of the molecule is C=c1[nH]c(=O)c(C(C)Nc2ccc(C#N)n(C)c2=O)c/c1=C/C(Cl)=C/OCC1CC1. The van der Waals surface area contributed by atoms with E-state index in [-0.39, 0.29) is 16.8 Å². The number of allylic oxidation sites excluding steroid dienone is 1. The number of hydrogen-bond acceptors (Lipinski definition) is 5. The molecule has 2 heterocycles. The van der Waals surface area contributed by atoms with Crippen molar-refractivity contribution in [3.05, 3.63) is 72.0 Å². The molecule has 1 saturated carbocycles. The monoisotopic (exact) mass is 426 g/mol. The van der Waals surface area contributed by atoms with Crippen molar-refractivity contribution >= 4 is 29.9 Å². The molecule has 3 rings (SSSR count). The molecule has 30 heavy (non-hydrogen) atoms.